The van der Waals surface area contributed by atoms with E-state index in [9.17, 15) is 14.7 Å². The molecule has 0 aliphatic heterocycles. The molecule has 3 rings (SSSR count). The smallest absolute Gasteiger partial charge is 0.337 e. The van der Waals surface area contributed by atoms with Gasteiger partial charge in [0.05, 0.1) is 11.3 Å². The highest BCUT2D eigenvalue weighted by Crippen LogP contribution is 2.20. The van der Waals surface area contributed by atoms with Gasteiger partial charge in [-0.1, -0.05) is 66.7 Å². The number of carbonyl (C=O) groups excluding carboxylic acids is 1. The summed E-state index contributed by atoms with van der Waals surface area (Å²) in [5.41, 5.74) is 3.76. The van der Waals surface area contributed by atoms with Gasteiger partial charge in [-0.2, -0.15) is 0 Å². The molecule has 0 saturated heterocycles. The number of benzene rings is 3. The minimum atomic E-state index is -1.05. The average Bonchev–Trinajstić information content (AvgIpc) is 2.72. The molecule has 0 atom stereocenters. The molecule has 3 aromatic rings. The van der Waals surface area contributed by atoms with E-state index in [1.807, 2.05) is 54.6 Å². The lowest BCUT2D eigenvalue weighted by atomic mass is 10.0. The number of carbonyl (C=O) groups is 2. The third-order valence-corrected chi connectivity index (χ3v) is 4.62. The van der Waals surface area contributed by atoms with Gasteiger partial charge in [-0.25, -0.2) is 4.79 Å². The second-order valence-electron chi connectivity index (χ2n) is 6.70. The summed E-state index contributed by atoms with van der Waals surface area (Å²) >= 11 is 0. The zero-order valence-corrected chi connectivity index (χ0v) is 15.6. The van der Waals surface area contributed by atoms with Crippen molar-refractivity contribution in [1.29, 1.82) is 0 Å². The Morgan fingerprint density at radius 3 is 1.89 bits per heavy atom. The Bertz CT molecular complexity index is 937. The molecule has 0 heterocycles. The van der Waals surface area contributed by atoms with Crippen LogP contribution in [0.2, 0.25) is 0 Å². The van der Waals surface area contributed by atoms with Gasteiger partial charge < -0.3 is 10.4 Å². The lowest BCUT2D eigenvalue weighted by Crippen LogP contribution is -2.15. The normalized spacial score (nSPS) is 10.4. The summed E-state index contributed by atoms with van der Waals surface area (Å²) in [4.78, 5) is 23.9. The van der Waals surface area contributed by atoms with E-state index in [0.29, 0.717) is 18.5 Å². The number of aromatic carboxylic acids is 1. The first-order valence-corrected chi connectivity index (χ1v) is 9.36. The number of anilines is 1. The first-order valence-electron chi connectivity index (χ1n) is 9.36. The van der Waals surface area contributed by atoms with Crippen LogP contribution < -0.4 is 5.32 Å². The van der Waals surface area contributed by atoms with E-state index in [0.717, 1.165) is 24.0 Å². The van der Waals surface area contributed by atoms with Gasteiger partial charge in [0, 0.05) is 6.42 Å². The number of hydrogen-bond donors (Lipinski definition) is 2. The third kappa shape index (κ3) is 5.55. The standard InChI is InChI=1S/C24H23NO3/c26-23(16-14-19-9-5-2-6-10-19)25-22-17-20(13-15-21(22)24(27)28)12-11-18-7-3-1-4-8-18/h1-10,13,15,17H,11-12,14,16H2,(H,25,26)(H,27,28). The molecule has 4 heteroatoms. The van der Waals surface area contributed by atoms with Gasteiger partial charge in [0.25, 0.3) is 0 Å². The highest BCUT2D eigenvalue weighted by atomic mass is 16.4. The summed E-state index contributed by atoms with van der Waals surface area (Å²) in [6, 6.07) is 25.0. The molecule has 0 bridgehead atoms. The fraction of sp³-hybridized carbons (Fsp3) is 0.167. The summed E-state index contributed by atoms with van der Waals surface area (Å²) in [6.07, 6.45) is 2.55. The van der Waals surface area contributed by atoms with Crippen molar-refractivity contribution in [3.63, 3.8) is 0 Å². The summed E-state index contributed by atoms with van der Waals surface area (Å²) < 4.78 is 0. The van der Waals surface area contributed by atoms with Crippen LogP contribution in [0.3, 0.4) is 0 Å². The molecule has 0 radical (unpaired) electrons. The van der Waals surface area contributed by atoms with Crippen LogP contribution in [-0.4, -0.2) is 17.0 Å². The van der Waals surface area contributed by atoms with Crippen LogP contribution in [0.4, 0.5) is 5.69 Å². The van der Waals surface area contributed by atoms with Crippen LogP contribution in [0.5, 0.6) is 0 Å². The van der Waals surface area contributed by atoms with Crippen molar-refractivity contribution < 1.29 is 14.7 Å². The maximum Gasteiger partial charge on any atom is 0.337 e. The molecule has 1 amide bonds. The average molecular weight is 373 g/mol. The Kier molecular flexibility index (Phi) is 6.58. The maximum atomic E-state index is 12.3. The zero-order chi connectivity index (χ0) is 19.8. The van der Waals surface area contributed by atoms with Crippen molar-refractivity contribution in [1.82, 2.24) is 0 Å². The molecule has 0 spiro atoms. The van der Waals surface area contributed by atoms with Crippen molar-refractivity contribution >= 4 is 17.6 Å². The zero-order valence-electron chi connectivity index (χ0n) is 15.6. The molecule has 0 fully saturated rings. The van der Waals surface area contributed by atoms with Crippen molar-refractivity contribution in [2.45, 2.75) is 25.7 Å². The van der Waals surface area contributed by atoms with E-state index < -0.39 is 5.97 Å². The molecule has 4 nitrogen and oxygen atoms in total. The van der Waals surface area contributed by atoms with Crippen LogP contribution in [0.15, 0.2) is 78.9 Å². The van der Waals surface area contributed by atoms with E-state index in [1.54, 1.807) is 12.1 Å². The first kappa shape index (κ1) is 19.4. The van der Waals surface area contributed by atoms with Crippen LogP contribution in [-0.2, 0) is 24.1 Å². The quantitative estimate of drug-likeness (QED) is 0.599. The molecule has 142 valence electrons. The van der Waals surface area contributed by atoms with Crippen LogP contribution in [0, 0.1) is 0 Å². The molecule has 0 unspecified atom stereocenters. The van der Waals surface area contributed by atoms with Gasteiger partial charge in [-0.3, -0.25) is 4.79 Å². The van der Waals surface area contributed by atoms with Crippen LogP contribution >= 0.6 is 0 Å². The van der Waals surface area contributed by atoms with E-state index in [1.165, 1.54) is 5.56 Å². The lowest BCUT2D eigenvalue weighted by molar-refractivity contribution is -0.116. The topological polar surface area (TPSA) is 66.4 Å². The monoisotopic (exact) mass is 373 g/mol. The predicted octanol–water partition coefficient (Wildman–Crippen LogP) is 4.74. The molecule has 28 heavy (non-hydrogen) atoms. The van der Waals surface area contributed by atoms with Gasteiger partial charge in [0.1, 0.15) is 0 Å². The van der Waals surface area contributed by atoms with E-state index in [-0.39, 0.29) is 11.5 Å². The number of carboxylic acids is 1. The summed E-state index contributed by atoms with van der Waals surface area (Å²) in [6.45, 7) is 0. The van der Waals surface area contributed by atoms with Crippen molar-refractivity contribution in [2.24, 2.45) is 0 Å². The van der Waals surface area contributed by atoms with Crippen molar-refractivity contribution in [3.8, 4) is 0 Å². The predicted molar refractivity (Wildman–Crippen MR) is 111 cm³/mol. The minimum absolute atomic E-state index is 0.108. The maximum absolute atomic E-state index is 12.3. The Morgan fingerprint density at radius 1 is 0.714 bits per heavy atom. The number of hydrogen-bond acceptors (Lipinski definition) is 2. The number of amides is 1. The van der Waals surface area contributed by atoms with Crippen LogP contribution in [0.1, 0.15) is 33.5 Å². The number of aryl methyl sites for hydroxylation is 3. The second-order valence-corrected chi connectivity index (χ2v) is 6.70. The molecule has 0 aliphatic carbocycles. The fourth-order valence-electron chi connectivity index (χ4n) is 3.09. The largest absolute Gasteiger partial charge is 0.478 e. The van der Waals surface area contributed by atoms with Gasteiger partial charge in [-0.05, 0) is 48.1 Å². The number of carboxylic acid groups (broad SMARTS) is 1. The highest BCUT2D eigenvalue weighted by Gasteiger charge is 2.13. The molecule has 3 aromatic carbocycles. The molecule has 0 saturated carbocycles. The Balaban J connectivity index is 1.67. The Labute approximate surface area is 164 Å². The van der Waals surface area contributed by atoms with Crippen molar-refractivity contribution in [3.05, 3.63) is 101 Å². The fourth-order valence-corrected chi connectivity index (χ4v) is 3.09. The van der Waals surface area contributed by atoms with E-state index in [4.69, 9.17) is 0 Å². The van der Waals surface area contributed by atoms with Crippen molar-refractivity contribution in [2.75, 3.05) is 5.32 Å². The second kappa shape index (κ2) is 9.51. The summed E-state index contributed by atoms with van der Waals surface area (Å²) in [5.74, 6) is -1.24. The highest BCUT2D eigenvalue weighted by molar-refractivity contribution is 6.00. The van der Waals surface area contributed by atoms with Gasteiger partial charge in [0.2, 0.25) is 5.91 Å². The van der Waals surface area contributed by atoms with Gasteiger partial charge in [0.15, 0.2) is 0 Å². The SMILES string of the molecule is O=C(CCc1ccccc1)Nc1cc(CCc2ccccc2)ccc1C(=O)O. The summed E-state index contributed by atoms with van der Waals surface area (Å²) in [7, 11) is 0. The minimum Gasteiger partial charge on any atom is -0.478 e. The lowest BCUT2D eigenvalue weighted by Gasteiger charge is -2.11. The number of rotatable bonds is 8. The van der Waals surface area contributed by atoms with Crippen LogP contribution in [0.25, 0.3) is 0 Å². The summed E-state index contributed by atoms with van der Waals surface area (Å²) in [5, 5.41) is 12.2. The number of nitrogens with one attached hydrogen (secondary N) is 1. The molecule has 0 aromatic heterocycles. The molecule has 2 N–H and O–H groups in total. The Morgan fingerprint density at radius 2 is 1.29 bits per heavy atom. The Hall–Kier alpha value is -3.40. The van der Waals surface area contributed by atoms with E-state index >= 15 is 0 Å². The van der Waals surface area contributed by atoms with Gasteiger partial charge >= 0.3 is 5.97 Å². The van der Waals surface area contributed by atoms with E-state index in [2.05, 4.69) is 17.4 Å². The third-order valence-electron chi connectivity index (χ3n) is 4.62. The van der Waals surface area contributed by atoms with Gasteiger partial charge in [-0.15, -0.1) is 0 Å². The first-order chi connectivity index (χ1) is 13.6. The molecule has 0 aliphatic rings. The molecular weight excluding hydrogens is 350 g/mol. The molecular formula is C24H23NO3.